The third-order valence-electron chi connectivity index (χ3n) is 1.34. The summed E-state index contributed by atoms with van der Waals surface area (Å²) in [5.74, 6) is 0. The van der Waals surface area contributed by atoms with Gasteiger partial charge in [0.2, 0.25) is 0 Å². The Morgan fingerprint density at radius 3 is 2.44 bits per heavy atom. The molecule has 1 aromatic heterocycles. The molecular formula is C7H8ClN. The SMILES string of the molecule is Cc1cnc(Cl)cc1C. The predicted octanol–water partition coefficient (Wildman–Crippen LogP) is 2.35. The van der Waals surface area contributed by atoms with Crippen LogP contribution in [0.15, 0.2) is 12.3 Å². The number of rotatable bonds is 0. The normalized spacial score (nSPS) is 9.67. The number of hydrogen-bond acceptors (Lipinski definition) is 1. The van der Waals surface area contributed by atoms with Crippen molar-refractivity contribution >= 4 is 11.6 Å². The van der Waals surface area contributed by atoms with E-state index in [0.717, 1.165) is 0 Å². The van der Waals surface area contributed by atoms with Gasteiger partial charge in [0.1, 0.15) is 5.15 Å². The molecule has 0 bridgehead atoms. The fourth-order valence-electron chi connectivity index (χ4n) is 0.590. The quantitative estimate of drug-likeness (QED) is 0.506. The molecule has 9 heavy (non-hydrogen) atoms. The molecule has 0 atom stereocenters. The molecule has 1 nitrogen and oxygen atoms in total. The monoisotopic (exact) mass is 141 g/mol. The van der Waals surface area contributed by atoms with Gasteiger partial charge in [0.05, 0.1) is 0 Å². The highest BCUT2D eigenvalue weighted by molar-refractivity contribution is 6.29. The summed E-state index contributed by atoms with van der Waals surface area (Å²) >= 11 is 5.61. The topological polar surface area (TPSA) is 12.9 Å². The molecular weight excluding hydrogens is 134 g/mol. The zero-order valence-electron chi connectivity index (χ0n) is 5.48. The highest BCUT2D eigenvalue weighted by atomic mass is 35.5. The molecule has 1 rings (SSSR count). The van der Waals surface area contributed by atoms with Crippen LogP contribution in [0.2, 0.25) is 5.15 Å². The van der Waals surface area contributed by atoms with Gasteiger partial charge in [0.25, 0.3) is 0 Å². The van der Waals surface area contributed by atoms with Crippen LogP contribution in [0.5, 0.6) is 0 Å². The molecule has 2 heteroatoms. The van der Waals surface area contributed by atoms with Gasteiger partial charge in [-0.15, -0.1) is 0 Å². The Morgan fingerprint density at radius 1 is 1.33 bits per heavy atom. The first-order valence-electron chi connectivity index (χ1n) is 2.79. The maximum absolute atomic E-state index is 5.61. The molecule has 0 aromatic carbocycles. The van der Waals surface area contributed by atoms with Crippen LogP contribution in [0.1, 0.15) is 11.1 Å². The van der Waals surface area contributed by atoms with Crippen LogP contribution in [0.25, 0.3) is 0 Å². The Labute approximate surface area is 59.7 Å². The number of pyridine rings is 1. The van der Waals surface area contributed by atoms with E-state index in [0.29, 0.717) is 5.15 Å². The molecule has 0 aliphatic rings. The fourth-order valence-corrected chi connectivity index (χ4v) is 0.803. The molecule has 0 amide bonds. The van der Waals surface area contributed by atoms with E-state index in [1.54, 1.807) is 6.20 Å². The first kappa shape index (κ1) is 6.56. The molecule has 0 spiro atoms. The fraction of sp³-hybridized carbons (Fsp3) is 0.286. The average molecular weight is 142 g/mol. The molecule has 0 aliphatic heterocycles. The maximum atomic E-state index is 5.61. The highest BCUT2D eigenvalue weighted by Gasteiger charge is 1.91. The van der Waals surface area contributed by atoms with Crippen molar-refractivity contribution in [2.24, 2.45) is 0 Å². The smallest absolute Gasteiger partial charge is 0.129 e. The van der Waals surface area contributed by atoms with E-state index in [9.17, 15) is 0 Å². The van der Waals surface area contributed by atoms with E-state index in [2.05, 4.69) is 4.98 Å². The number of nitrogens with zero attached hydrogens (tertiary/aromatic N) is 1. The summed E-state index contributed by atoms with van der Waals surface area (Å²) in [7, 11) is 0. The summed E-state index contributed by atoms with van der Waals surface area (Å²) in [6.07, 6.45) is 1.78. The van der Waals surface area contributed by atoms with Gasteiger partial charge in [-0.25, -0.2) is 4.98 Å². The molecule has 1 aromatic rings. The highest BCUT2D eigenvalue weighted by Crippen LogP contribution is 2.09. The Bertz CT molecular complexity index is 220. The van der Waals surface area contributed by atoms with Gasteiger partial charge in [-0.1, -0.05) is 11.6 Å². The van der Waals surface area contributed by atoms with Crippen molar-refractivity contribution in [1.82, 2.24) is 4.98 Å². The lowest BCUT2D eigenvalue weighted by Crippen LogP contribution is -1.81. The lowest BCUT2D eigenvalue weighted by molar-refractivity contribution is 1.22. The van der Waals surface area contributed by atoms with Gasteiger partial charge in [-0.2, -0.15) is 0 Å². The first-order valence-corrected chi connectivity index (χ1v) is 3.16. The summed E-state index contributed by atoms with van der Waals surface area (Å²) < 4.78 is 0. The van der Waals surface area contributed by atoms with Crippen molar-refractivity contribution < 1.29 is 0 Å². The van der Waals surface area contributed by atoms with Crippen LogP contribution < -0.4 is 0 Å². The second-order valence-electron chi connectivity index (χ2n) is 2.09. The summed E-state index contributed by atoms with van der Waals surface area (Å²) in [6.45, 7) is 4.03. The third-order valence-corrected chi connectivity index (χ3v) is 1.55. The minimum atomic E-state index is 0.568. The first-order chi connectivity index (χ1) is 4.20. The lowest BCUT2D eigenvalue weighted by Gasteiger charge is -1.96. The minimum absolute atomic E-state index is 0.568. The van der Waals surface area contributed by atoms with E-state index < -0.39 is 0 Å². The van der Waals surface area contributed by atoms with Crippen LogP contribution in [0, 0.1) is 13.8 Å². The Hall–Kier alpha value is -0.560. The molecule has 48 valence electrons. The molecule has 0 aliphatic carbocycles. The molecule has 0 radical (unpaired) electrons. The van der Waals surface area contributed by atoms with E-state index in [-0.39, 0.29) is 0 Å². The summed E-state index contributed by atoms with van der Waals surface area (Å²) in [4.78, 5) is 3.90. The molecule has 1 heterocycles. The van der Waals surface area contributed by atoms with Crippen LogP contribution in [0.3, 0.4) is 0 Å². The van der Waals surface area contributed by atoms with Gasteiger partial charge in [-0.3, -0.25) is 0 Å². The Morgan fingerprint density at radius 2 is 2.00 bits per heavy atom. The molecule has 0 fully saturated rings. The molecule has 0 saturated heterocycles. The van der Waals surface area contributed by atoms with Crippen LogP contribution >= 0.6 is 11.6 Å². The number of halogens is 1. The van der Waals surface area contributed by atoms with E-state index in [1.807, 2.05) is 19.9 Å². The molecule has 0 unspecified atom stereocenters. The van der Waals surface area contributed by atoms with Crippen molar-refractivity contribution in [3.8, 4) is 0 Å². The van der Waals surface area contributed by atoms with E-state index >= 15 is 0 Å². The Balaban J connectivity index is 3.17. The second-order valence-corrected chi connectivity index (χ2v) is 2.48. The van der Waals surface area contributed by atoms with Crippen molar-refractivity contribution in [3.63, 3.8) is 0 Å². The zero-order chi connectivity index (χ0) is 6.85. The molecule has 0 saturated carbocycles. The Kier molecular flexibility index (Phi) is 1.72. The molecule has 0 N–H and O–H groups in total. The van der Waals surface area contributed by atoms with Gasteiger partial charge < -0.3 is 0 Å². The van der Waals surface area contributed by atoms with E-state index in [4.69, 9.17) is 11.6 Å². The lowest BCUT2D eigenvalue weighted by atomic mass is 10.2. The predicted molar refractivity (Wildman–Crippen MR) is 38.7 cm³/mol. The van der Waals surface area contributed by atoms with Crippen LogP contribution in [-0.4, -0.2) is 4.98 Å². The third kappa shape index (κ3) is 1.42. The average Bonchev–Trinajstić information content (AvgIpc) is 1.80. The van der Waals surface area contributed by atoms with Gasteiger partial charge >= 0.3 is 0 Å². The van der Waals surface area contributed by atoms with Gasteiger partial charge in [0, 0.05) is 6.20 Å². The van der Waals surface area contributed by atoms with Crippen molar-refractivity contribution in [3.05, 3.63) is 28.5 Å². The minimum Gasteiger partial charge on any atom is -0.244 e. The largest absolute Gasteiger partial charge is 0.244 e. The summed E-state index contributed by atoms with van der Waals surface area (Å²) in [6, 6.07) is 1.86. The van der Waals surface area contributed by atoms with Crippen molar-refractivity contribution in [2.75, 3.05) is 0 Å². The van der Waals surface area contributed by atoms with Crippen LogP contribution in [-0.2, 0) is 0 Å². The van der Waals surface area contributed by atoms with Crippen molar-refractivity contribution in [2.45, 2.75) is 13.8 Å². The van der Waals surface area contributed by atoms with E-state index in [1.165, 1.54) is 11.1 Å². The number of hydrogen-bond donors (Lipinski definition) is 0. The number of aryl methyl sites for hydroxylation is 2. The number of aromatic nitrogens is 1. The summed E-state index contributed by atoms with van der Waals surface area (Å²) in [5, 5.41) is 0.568. The maximum Gasteiger partial charge on any atom is 0.129 e. The standard InChI is InChI=1S/C7H8ClN/c1-5-3-7(8)9-4-6(5)2/h3-4H,1-2H3. The van der Waals surface area contributed by atoms with Crippen molar-refractivity contribution in [1.29, 1.82) is 0 Å². The van der Waals surface area contributed by atoms with Gasteiger partial charge in [-0.05, 0) is 31.0 Å². The summed E-state index contributed by atoms with van der Waals surface area (Å²) in [5.41, 5.74) is 2.37. The van der Waals surface area contributed by atoms with Gasteiger partial charge in [0.15, 0.2) is 0 Å². The van der Waals surface area contributed by atoms with Crippen LogP contribution in [0.4, 0.5) is 0 Å². The second kappa shape index (κ2) is 2.36. The zero-order valence-corrected chi connectivity index (χ0v) is 6.24.